The third-order valence-electron chi connectivity index (χ3n) is 3.71. The number of benzene rings is 1. The molecular weight excluding hydrogens is 224 g/mol. The Bertz CT molecular complexity index is 391. The van der Waals surface area contributed by atoms with Crippen LogP contribution in [0.1, 0.15) is 25.8 Å². The van der Waals surface area contributed by atoms with Gasteiger partial charge in [0.15, 0.2) is 0 Å². The molecule has 1 aliphatic heterocycles. The summed E-state index contributed by atoms with van der Waals surface area (Å²) in [5.74, 6) is 0.689. The first-order valence-electron chi connectivity index (χ1n) is 6.78. The van der Waals surface area contributed by atoms with E-state index in [1.807, 2.05) is 30.0 Å². The van der Waals surface area contributed by atoms with E-state index in [9.17, 15) is 4.79 Å². The molecule has 2 atom stereocenters. The fourth-order valence-corrected chi connectivity index (χ4v) is 2.51. The van der Waals surface area contributed by atoms with Gasteiger partial charge in [0, 0.05) is 13.1 Å². The van der Waals surface area contributed by atoms with Crippen LogP contribution in [0.5, 0.6) is 0 Å². The Balaban J connectivity index is 2.02. The minimum Gasteiger partial charge on any atom is -0.337 e. The molecule has 1 heterocycles. The van der Waals surface area contributed by atoms with Crippen molar-refractivity contribution in [1.82, 2.24) is 10.2 Å². The van der Waals surface area contributed by atoms with Crippen molar-refractivity contribution in [3.05, 3.63) is 35.9 Å². The summed E-state index contributed by atoms with van der Waals surface area (Å²) in [7, 11) is 0. The molecule has 1 fully saturated rings. The van der Waals surface area contributed by atoms with Crippen LogP contribution in [0, 0.1) is 5.92 Å². The highest BCUT2D eigenvalue weighted by Crippen LogP contribution is 2.17. The van der Waals surface area contributed by atoms with E-state index < -0.39 is 0 Å². The van der Waals surface area contributed by atoms with Crippen molar-refractivity contribution in [3.8, 4) is 0 Å². The number of nitrogens with zero attached hydrogens (tertiary/aromatic N) is 1. The summed E-state index contributed by atoms with van der Waals surface area (Å²) in [6.45, 7) is 6.62. The smallest absolute Gasteiger partial charge is 0.240 e. The van der Waals surface area contributed by atoms with E-state index in [1.165, 1.54) is 5.56 Å². The lowest BCUT2D eigenvalue weighted by Gasteiger charge is -2.26. The second kappa shape index (κ2) is 6.01. The van der Waals surface area contributed by atoms with Crippen LogP contribution in [0.2, 0.25) is 0 Å². The van der Waals surface area contributed by atoms with Gasteiger partial charge in [0.2, 0.25) is 5.91 Å². The first-order valence-corrected chi connectivity index (χ1v) is 6.78. The predicted molar refractivity (Wildman–Crippen MR) is 73.1 cm³/mol. The Labute approximate surface area is 109 Å². The predicted octanol–water partition coefficient (Wildman–Crippen LogP) is 2.03. The van der Waals surface area contributed by atoms with E-state index in [4.69, 9.17) is 0 Å². The van der Waals surface area contributed by atoms with Crippen LogP contribution in [-0.2, 0) is 11.3 Å². The van der Waals surface area contributed by atoms with Gasteiger partial charge in [0.25, 0.3) is 0 Å². The molecule has 1 N–H and O–H groups in total. The van der Waals surface area contributed by atoms with E-state index in [0.29, 0.717) is 12.5 Å². The maximum atomic E-state index is 12.5. The lowest BCUT2D eigenvalue weighted by Crippen LogP contribution is -2.45. The molecule has 0 radical (unpaired) electrons. The van der Waals surface area contributed by atoms with Crippen LogP contribution in [0.25, 0.3) is 0 Å². The lowest BCUT2D eigenvalue weighted by atomic mass is 10.0. The van der Waals surface area contributed by atoms with Gasteiger partial charge >= 0.3 is 0 Å². The Morgan fingerprint density at radius 3 is 2.67 bits per heavy atom. The van der Waals surface area contributed by atoms with Gasteiger partial charge < -0.3 is 10.2 Å². The number of rotatable bonds is 4. The Morgan fingerprint density at radius 1 is 1.39 bits per heavy atom. The SMILES string of the molecule is CCN(Cc1ccccc1)C(=O)C1NCCC1C. The summed E-state index contributed by atoms with van der Waals surface area (Å²) in [5.41, 5.74) is 1.19. The minimum atomic E-state index is 0.00802. The highest BCUT2D eigenvalue weighted by atomic mass is 16.2. The van der Waals surface area contributed by atoms with Gasteiger partial charge in [-0.1, -0.05) is 37.3 Å². The second-order valence-electron chi connectivity index (χ2n) is 5.04. The van der Waals surface area contributed by atoms with Crippen molar-refractivity contribution in [3.63, 3.8) is 0 Å². The average Bonchev–Trinajstić information content (AvgIpc) is 2.82. The van der Waals surface area contributed by atoms with Crippen molar-refractivity contribution in [1.29, 1.82) is 0 Å². The van der Waals surface area contributed by atoms with Crippen molar-refractivity contribution in [2.45, 2.75) is 32.9 Å². The summed E-state index contributed by atoms with van der Waals surface area (Å²) in [6, 6.07) is 10.2. The van der Waals surface area contributed by atoms with E-state index in [0.717, 1.165) is 19.5 Å². The van der Waals surface area contributed by atoms with E-state index in [1.54, 1.807) is 0 Å². The zero-order valence-electron chi connectivity index (χ0n) is 11.2. The fraction of sp³-hybridized carbons (Fsp3) is 0.533. The summed E-state index contributed by atoms with van der Waals surface area (Å²) in [5, 5.41) is 3.32. The lowest BCUT2D eigenvalue weighted by molar-refractivity contribution is -0.134. The molecule has 1 aliphatic rings. The maximum absolute atomic E-state index is 12.5. The van der Waals surface area contributed by atoms with E-state index in [2.05, 4.69) is 24.4 Å². The zero-order valence-corrected chi connectivity index (χ0v) is 11.2. The van der Waals surface area contributed by atoms with Crippen molar-refractivity contribution in [2.75, 3.05) is 13.1 Å². The molecule has 1 aromatic carbocycles. The molecule has 3 nitrogen and oxygen atoms in total. The summed E-state index contributed by atoms with van der Waals surface area (Å²) in [6.07, 6.45) is 1.10. The molecule has 0 aromatic heterocycles. The third kappa shape index (κ3) is 2.91. The Kier molecular flexibility index (Phi) is 4.37. The van der Waals surface area contributed by atoms with Crippen LogP contribution < -0.4 is 5.32 Å². The van der Waals surface area contributed by atoms with Crippen molar-refractivity contribution < 1.29 is 4.79 Å². The number of amides is 1. The number of hydrogen-bond acceptors (Lipinski definition) is 2. The quantitative estimate of drug-likeness (QED) is 0.881. The maximum Gasteiger partial charge on any atom is 0.240 e. The molecule has 98 valence electrons. The van der Waals surface area contributed by atoms with Crippen molar-refractivity contribution >= 4 is 5.91 Å². The third-order valence-corrected chi connectivity index (χ3v) is 3.71. The number of carbonyl (C=O) groups excluding carboxylic acids is 1. The molecule has 1 saturated heterocycles. The molecule has 18 heavy (non-hydrogen) atoms. The normalized spacial score (nSPS) is 23.0. The molecule has 1 amide bonds. The molecule has 0 aliphatic carbocycles. The first-order chi connectivity index (χ1) is 8.72. The number of nitrogens with one attached hydrogen (secondary N) is 1. The summed E-state index contributed by atoms with van der Waals surface area (Å²) >= 11 is 0. The zero-order chi connectivity index (χ0) is 13.0. The number of hydrogen-bond donors (Lipinski definition) is 1. The molecule has 3 heteroatoms. The van der Waals surface area contributed by atoms with Crippen LogP contribution in [0.3, 0.4) is 0 Å². The average molecular weight is 246 g/mol. The van der Waals surface area contributed by atoms with Crippen LogP contribution in [0.4, 0.5) is 0 Å². The first kappa shape index (κ1) is 13.1. The van der Waals surface area contributed by atoms with Gasteiger partial charge in [0.1, 0.15) is 0 Å². The van der Waals surface area contributed by atoms with Crippen LogP contribution >= 0.6 is 0 Å². The number of carbonyl (C=O) groups is 1. The molecule has 2 rings (SSSR count). The van der Waals surface area contributed by atoms with Gasteiger partial charge in [-0.05, 0) is 31.4 Å². The van der Waals surface area contributed by atoms with Crippen LogP contribution in [-0.4, -0.2) is 29.9 Å². The highest BCUT2D eigenvalue weighted by molar-refractivity contribution is 5.82. The molecule has 0 spiro atoms. The molecule has 1 aromatic rings. The number of likely N-dealkylation sites (N-methyl/N-ethyl adjacent to an activating group) is 1. The van der Waals surface area contributed by atoms with Crippen LogP contribution in [0.15, 0.2) is 30.3 Å². The molecular formula is C15H22N2O. The minimum absolute atomic E-state index is 0.00802. The van der Waals surface area contributed by atoms with Gasteiger partial charge in [-0.2, -0.15) is 0 Å². The fourth-order valence-electron chi connectivity index (χ4n) is 2.51. The monoisotopic (exact) mass is 246 g/mol. The van der Waals surface area contributed by atoms with Gasteiger partial charge in [-0.3, -0.25) is 4.79 Å². The summed E-state index contributed by atoms with van der Waals surface area (Å²) < 4.78 is 0. The highest BCUT2D eigenvalue weighted by Gasteiger charge is 2.31. The Morgan fingerprint density at radius 2 is 2.11 bits per heavy atom. The van der Waals surface area contributed by atoms with Gasteiger partial charge in [0.05, 0.1) is 6.04 Å². The summed E-state index contributed by atoms with van der Waals surface area (Å²) in [4.78, 5) is 14.4. The van der Waals surface area contributed by atoms with Gasteiger partial charge in [-0.15, -0.1) is 0 Å². The van der Waals surface area contributed by atoms with Gasteiger partial charge in [-0.25, -0.2) is 0 Å². The molecule has 2 unspecified atom stereocenters. The van der Waals surface area contributed by atoms with Crippen molar-refractivity contribution in [2.24, 2.45) is 5.92 Å². The standard InChI is InChI=1S/C15H22N2O/c1-3-17(11-13-7-5-4-6-8-13)15(18)14-12(2)9-10-16-14/h4-8,12,14,16H,3,9-11H2,1-2H3. The topological polar surface area (TPSA) is 32.3 Å². The largest absolute Gasteiger partial charge is 0.337 e. The molecule has 0 bridgehead atoms. The molecule has 0 saturated carbocycles. The van der Waals surface area contributed by atoms with E-state index >= 15 is 0 Å². The van der Waals surface area contributed by atoms with E-state index in [-0.39, 0.29) is 11.9 Å². The second-order valence-corrected chi connectivity index (χ2v) is 5.04. The Hall–Kier alpha value is -1.35.